The van der Waals surface area contributed by atoms with E-state index < -0.39 is 0 Å². The standard InChI is InChI=1S/C17H25N3O/c1-5-6-11-18-17-19-13(2)12-20(17)14(3)15-7-9-16(21-4)10-8-15/h7-10,12,14H,5-6,11H2,1-4H3,(H,18,19). The maximum absolute atomic E-state index is 5.22. The molecule has 0 fully saturated rings. The van der Waals surface area contributed by atoms with Gasteiger partial charge in [0.1, 0.15) is 5.75 Å². The Labute approximate surface area is 127 Å². The first-order valence-corrected chi connectivity index (χ1v) is 7.59. The number of hydrogen-bond acceptors (Lipinski definition) is 3. The van der Waals surface area contributed by atoms with Crippen LogP contribution in [0, 0.1) is 6.92 Å². The number of rotatable bonds is 7. The molecule has 4 heteroatoms. The van der Waals surface area contributed by atoms with E-state index in [0.717, 1.165) is 30.4 Å². The summed E-state index contributed by atoms with van der Waals surface area (Å²) in [5.41, 5.74) is 2.28. The van der Waals surface area contributed by atoms with Crippen LogP contribution >= 0.6 is 0 Å². The smallest absolute Gasteiger partial charge is 0.203 e. The number of ether oxygens (including phenoxy) is 1. The second-order valence-electron chi connectivity index (χ2n) is 5.34. The maximum Gasteiger partial charge on any atom is 0.203 e. The molecule has 0 aliphatic heterocycles. The minimum absolute atomic E-state index is 0.237. The van der Waals surface area contributed by atoms with E-state index in [1.165, 1.54) is 12.0 Å². The van der Waals surface area contributed by atoms with Gasteiger partial charge in [0.2, 0.25) is 5.95 Å². The normalized spacial score (nSPS) is 12.2. The number of benzene rings is 1. The van der Waals surface area contributed by atoms with Crippen molar-refractivity contribution in [3.8, 4) is 5.75 Å². The van der Waals surface area contributed by atoms with Crippen LogP contribution in [-0.2, 0) is 0 Å². The molecule has 1 heterocycles. The van der Waals surface area contributed by atoms with E-state index in [-0.39, 0.29) is 6.04 Å². The molecule has 0 aliphatic rings. The summed E-state index contributed by atoms with van der Waals surface area (Å²) >= 11 is 0. The molecule has 0 saturated heterocycles. The first-order valence-electron chi connectivity index (χ1n) is 7.59. The second-order valence-corrected chi connectivity index (χ2v) is 5.34. The Balaban J connectivity index is 2.18. The summed E-state index contributed by atoms with van der Waals surface area (Å²) in [4.78, 5) is 4.59. The first kappa shape index (κ1) is 15.4. The van der Waals surface area contributed by atoms with Gasteiger partial charge < -0.3 is 14.6 Å². The average molecular weight is 287 g/mol. The van der Waals surface area contributed by atoms with Gasteiger partial charge in [-0.15, -0.1) is 0 Å². The quantitative estimate of drug-likeness (QED) is 0.782. The number of nitrogens with zero attached hydrogens (tertiary/aromatic N) is 2. The summed E-state index contributed by atoms with van der Waals surface area (Å²) in [6, 6.07) is 8.45. The Kier molecular flexibility index (Phi) is 5.26. The van der Waals surface area contributed by atoms with Crippen molar-refractivity contribution in [1.82, 2.24) is 9.55 Å². The van der Waals surface area contributed by atoms with Crippen molar-refractivity contribution in [1.29, 1.82) is 0 Å². The van der Waals surface area contributed by atoms with E-state index in [1.807, 2.05) is 19.1 Å². The number of imidazole rings is 1. The van der Waals surface area contributed by atoms with Crippen LogP contribution in [-0.4, -0.2) is 23.2 Å². The van der Waals surface area contributed by atoms with E-state index in [0.29, 0.717) is 0 Å². The minimum Gasteiger partial charge on any atom is -0.497 e. The lowest BCUT2D eigenvalue weighted by molar-refractivity contribution is 0.414. The third kappa shape index (κ3) is 3.78. The maximum atomic E-state index is 5.22. The van der Waals surface area contributed by atoms with Crippen LogP contribution in [0.4, 0.5) is 5.95 Å². The van der Waals surface area contributed by atoms with Crippen molar-refractivity contribution in [2.45, 2.75) is 39.7 Å². The lowest BCUT2D eigenvalue weighted by atomic mass is 10.1. The molecule has 1 aromatic carbocycles. The van der Waals surface area contributed by atoms with E-state index in [2.05, 4.69) is 47.0 Å². The van der Waals surface area contributed by atoms with Crippen LogP contribution in [0.15, 0.2) is 30.5 Å². The Morgan fingerprint density at radius 2 is 2.00 bits per heavy atom. The molecule has 0 aliphatic carbocycles. The van der Waals surface area contributed by atoms with Crippen molar-refractivity contribution in [3.05, 3.63) is 41.7 Å². The highest BCUT2D eigenvalue weighted by atomic mass is 16.5. The zero-order valence-electron chi connectivity index (χ0n) is 13.4. The van der Waals surface area contributed by atoms with Gasteiger partial charge in [0, 0.05) is 12.7 Å². The van der Waals surface area contributed by atoms with Gasteiger partial charge in [0.05, 0.1) is 18.8 Å². The lowest BCUT2D eigenvalue weighted by Crippen LogP contribution is -2.12. The van der Waals surface area contributed by atoms with Crippen LogP contribution in [0.2, 0.25) is 0 Å². The summed E-state index contributed by atoms with van der Waals surface area (Å²) in [7, 11) is 1.69. The van der Waals surface area contributed by atoms with Gasteiger partial charge in [-0.3, -0.25) is 0 Å². The third-order valence-corrected chi connectivity index (χ3v) is 3.68. The Morgan fingerprint density at radius 1 is 1.29 bits per heavy atom. The highest BCUT2D eigenvalue weighted by Gasteiger charge is 2.13. The molecule has 114 valence electrons. The van der Waals surface area contributed by atoms with Gasteiger partial charge in [-0.1, -0.05) is 25.5 Å². The molecule has 2 rings (SSSR count). The molecule has 0 radical (unpaired) electrons. The van der Waals surface area contributed by atoms with Gasteiger partial charge in [0.15, 0.2) is 0 Å². The number of methoxy groups -OCH3 is 1. The first-order chi connectivity index (χ1) is 10.2. The van der Waals surface area contributed by atoms with Gasteiger partial charge in [-0.25, -0.2) is 4.98 Å². The van der Waals surface area contributed by atoms with Crippen molar-refractivity contribution in [3.63, 3.8) is 0 Å². The molecule has 0 saturated carbocycles. The van der Waals surface area contributed by atoms with Crippen LogP contribution in [0.1, 0.15) is 44.0 Å². The van der Waals surface area contributed by atoms with Gasteiger partial charge in [-0.2, -0.15) is 0 Å². The molecular formula is C17H25N3O. The molecule has 1 atom stereocenters. The van der Waals surface area contributed by atoms with Crippen molar-refractivity contribution < 1.29 is 4.74 Å². The molecule has 4 nitrogen and oxygen atoms in total. The number of nitrogens with one attached hydrogen (secondary N) is 1. The average Bonchev–Trinajstić information content (AvgIpc) is 2.88. The van der Waals surface area contributed by atoms with Crippen molar-refractivity contribution in [2.24, 2.45) is 0 Å². The highest BCUT2D eigenvalue weighted by molar-refractivity contribution is 5.34. The predicted molar refractivity (Wildman–Crippen MR) is 87.2 cm³/mol. The SMILES string of the molecule is CCCCNc1nc(C)cn1C(C)c1ccc(OC)cc1. The van der Waals surface area contributed by atoms with E-state index in [1.54, 1.807) is 7.11 Å². The number of aryl methyl sites for hydroxylation is 1. The molecule has 0 bridgehead atoms. The van der Waals surface area contributed by atoms with Crippen LogP contribution in [0.25, 0.3) is 0 Å². The number of anilines is 1. The molecule has 0 spiro atoms. The predicted octanol–water partition coefficient (Wildman–Crippen LogP) is 4.02. The van der Waals surface area contributed by atoms with Crippen LogP contribution in [0.5, 0.6) is 5.75 Å². The lowest BCUT2D eigenvalue weighted by Gasteiger charge is -2.17. The monoisotopic (exact) mass is 287 g/mol. The molecule has 1 N–H and O–H groups in total. The Bertz CT molecular complexity index is 560. The molecule has 1 unspecified atom stereocenters. The fourth-order valence-corrected chi connectivity index (χ4v) is 2.36. The van der Waals surface area contributed by atoms with E-state index in [9.17, 15) is 0 Å². The van der Waals surface area contributed by atoms with Crippen molar-refractivity contribution >= 4 is 5.95 Å². The van der Waals surface area contributed by atoms with Gasteiger partial charge in [-0.05, 0) is 38.0 Å². The van der Waals surface area contributed by atoms with Crippen LogP contribution < -0.4 is 10.1 Å². The molecule has 0 amide bonds. The number of unbranched alkanes of at least 4 members (excludes halogenated alkanes) is 1. The van der Waals surface area contributed by atoms with E-state index in [4.69, 9.17) is 4.74 Å². The minimum atomic E-state index is 0.237. The largest absolute Gasteiger partial charge is 0.497 e. The fourth-order valence-electron chi connectivity index (χ4n) is 2.36. The Morgan fingerprint density at radius 3 is 2.62 bits per heavy atom. The summed E-state index contributed by atoms with van der Waals surface area (Å²) in [5.74, 6) is 1.83. The zero-order chi connectivity index (χ0) is 15.2. The molecule has 21 heavy (non-hydrogen) atoms. The number of hydrogen-bond donors (Lipinski definition) is 1. The summed E-state index contributed by atoms with van der Waals surface area (Å²) in [6.07, 6.45) is 4.44. The summed E-state index contributed by atoms with van der Waals surface area (Å²) < 4.78 is 7.42. The Hall–Kier alpha value is -1.97. The number of aromatic nitrogens is 2. The topological polar surface area (TPSA) is 39.1 Å². The zero-order valence-corrected chi connectivity index (χ0v) is 13.4. The van der Waals surface area contributed by atoms with Crippen molar-refractivity contribution in [2.75, 3.05) is 19.0 Å². The third-order valence-electron chi connectivity index (χ3n) is 3.68. The molecule has 2 aromatic rings. The molecular weight excluding hydrogens is 262 g/mol. The van der Waals surface area contributed by atoms with E-state index >= 15 is 0 Å². The fraction of sp³-hybridized carbons (Fsp3) is 0.471. The highest BCUT2D eigenvalue weighted by Crippen LogP contribution is 2.24. The summed E-state index contributed by atoms with van der Waals surface area (Å²) in [5, 5.41) is 3.44. The van der Waals surface area contributed by atoms with Crippen LogP contribution in [0.3, 0.4) is 0 Å². The van der Waals surface area contributed by atoms with Gasteiger partial charge in [0.25, 0.3) is 0 Å². The molecule has 1 aromatic heterocycles. The van der Waals surface area contributed by atoms with Gasteiger partial charge >= 0.3 is 0 Å². The second kappa shape index (κ2) is 7.16. The summed E-state index contributed by atoms with van der Waals surface area (Å²) in [6.45, 7) is 7.37.